The number of nitrogens with one attached hydrogen (secondary N) is 1. The summed E-state index contributed by atoms with van der Waals surface area (Å²) in [5.74, 6) is -0.249. The largest absolute Gasteiger partial charge is 0.497 e. The summed E-state index contributed by atoms with van der Waals surface area (Å²) in [7, 11) is -2.66. The molecular formula is C37H43N3O5S. The van der Waals surface area contributed by atoms with Gasteiger partial charge < -0.3 is 15.0 Å². The van der Waals surface area contributed by atoms with Crippen molar-refractivity contribution in [3.8, 4) is 5.75 Å². The van der Waals surface area contributed by atoms with Crippen molar-refractivity contribution in [3.63, 3.8) is 0 Å². The molecule has 0 radical (unpaired) electrons. The van der Waals surface area contributed by atoms with Gasteiger partial charge in [-0.3, -0.25) is 13.9 Å². The highest BCUT2D eigenvalue weighted by Crippen LogP contribution is 2.27. The Kier molecular flexibility index (Phi) is 11.6. The van der Waals surface area contributed by atoms with Gasteiger partial charge in [-0.2, -0.15) is 0 Å². The quantitative estimate of drug-likeness (QED) is 0.181. The number of rotatable bonds is 14. The van der Waals surface area contributed by atoms with Gasteiger partial charge in [0.2, 0.25) is 11.8 Å². The molecule has 4 aromatic carbocycles. The summed E-state index contributed by atoms with van der Waals surface area (Å²) in [5.41, 5.74) is 3.91. The first-order valence-corrected chi connectivity index (χ1v) is 16.9. The van der Waals surface area contributed by atoms with Crippen molar-refractivity contribution in [1.29, 1.82) is 0 Å². The van der Waals surface area contributed by atoms with Crippen LogP contribution in [0.3, 0.4) is 0 Å². The number of nitrogens with zero attached hydrogens (tertiary/aromatic N) is 2. The van der Waals surface area contributed by atoms with Gasteiger partial charge in [0.1, 0.15) is 18.3 Å². The summed E-state index contributed by atoms with van der Waals surface area (Å²) >= 11 is 0. The SMILES string of the molecule is CC[C@H](C)NC(=O)[C@H](Cc1ccccc1)N(Cc1ccccc1C)C(=O)CN(c1ccc(OC)cc1)S(=O)(=O)c1ccc(C)cc1. The van der Waals surface area contributed by atoms with Crippen LogP contribution in [0.4, 0.5) is 5.69 Å². The van der Waals surface area contributed by atoms with E-state index in [1.54, 1.807) is 36.4 Å². The van der Waals surface area contributed by atoms with E-state index in [1.165, 1.54) is 24.1 Å². The van der Waals surface area contributed by atoms with Gasteiger partial charge in [0.25, 0.3) is 10.0 Å². The molecule has 0 heterocycles. The Morgan fingerprint density at radius 1 is 0.848 bits per heavy atom. The van der Waals surface area contributed by atoms with Crippen LogP contribution in [-0.2, 0) is 32.6 Å². The standard InChI is InChI=1S/C37H43N3O5S/c1-6-29(4)38-37(42)35(24-30-13-8-7-9-14-30)39(25-31-15-11-10-12-28(31)3)36(41)26-40(32-18-20-33(45-5)21-19-32)46(43,44)34-22-16-27(2)17-23-34/h7-23,29,35H,6,24-26H2,1-5H3,(H,38,42)/t29-,35-/m0/s1. The Hall–Kier alpha value is -4.63. The van der Waals surface area contributed by atoms with E-state index in [0.717, 1.165) is 33.0 Å². The minimum absolute atomic E-state index is 0.0579. The van der Waals surface area contributed by atoms with Crippen LogP contribution in [0, 0.1) is 13.8 Å². The van der Waals surface area contributed by atoms with Crippen LogP contribution in [0.1, 0.15) is 42.5 Å². The predicted molar refractivity (Wildman–Crippen MR) is 182 cm³/mol. The minimum atomic E-state index is -4.18. The smallest absolute Gasteiger partial charge is 0.264 e. The van der Waals surface area contributed by atoms with Crippen molar-refractivity contribution in [2.75, 3.05) is 18.0 Å². The summed E-state index contributed by atoms with van der Waals surface area (Å²) in [6.07, 6.45) is 0.976. The maximum absolute atomic E-state index is 14.6. The van der Waals surface area contributed by atoms with Crippen LogP contribution in [0.5, 0.6) is 5.75 Å². The second-order valence-corrected chi connectivity index (χ2v) is 13.4. The van der Waals surface area contributed by atoms with Gasteiger partial charge in [0.15, 0.2) is 0 Å². The second kappa shape index (κ2) is 15.6. The normalized spacial score (nSPS) is 12.5. The monoisotopic (exact) mass is 641 g/mol. The molecule has 0 bridgehead atoms. The van der Waals surface area contributed by atoms with E-state index in [2.05, 4.69) is 5.32 Å². The third-order valence-corrected chi connectivity index (χ3v) is 9.91. The van der Waals surface area contributed by atoms with Crippen molar-refractivity contribution in [1.82, 2.24) is 10.2 Å². The molecule has 2 amide bonds. The maximum atomic E-state index is 14.6. The molecule has 0 saturated carbocycles. The van der Waals surface area contributed by atoms with Crippen LogP contribution in [0.15, 0.2) is 108 Å². The molecule has 9 heteroatoms. The van der Waals surface area contributed by atoms with Gasteiger partial charge in [-0.1, -0.05) is 79.2 Å². The van der Waals surface area contributed by atoms with E-state index in [1.807, 2.05) is 82.3 Å². The van der Waals surface area contributed by atoms with E-state index in [4.69, 9.17) is 4.74 Å². The molecule has 0 aliphatic rings. The van der Waals surface area contributed by atoms with Crippen molar-refractivity contribution in [2.45, 2.75) is 64.1 Å². The summed E-state index contributed by atoms with van der Waals surface area (Å²) in [4.78, 5) is 30.1. The maximum Gasteiger partial charge on any atom is 0.264 e. The molecule has 2 atom stereocenters. The van der Waals surface area contributed by atoms with Crippen LogP contribution >= 0.6 is 0 Å². The fourth-order valence-corrected chi connectivity index (χ4v) is 6.49. The van der Waals surface area contributed by atoms with E-state index >= 15 is 0 Å². The molecule has 0 saturated heterocycles. The minimum Gasteiger partial charge on any atom is -0.497 e. The highest BCUT2D eigenvalue weighted by molar-refractivity contribution is 7.92. The molecule has 4 rings (SSSR count). The van der Waals surface area contributed by atoms with E-state index < -0.39 is 28.5 Å². The fraction of sp³-hybridized carbons (Fsp3) is 0.297. The number of methoxy groups -OCH3 is 1. The Labute approximate surface area is 273 Å². The number of carbonyl (C=O) groups is 2. The molecule has 0 aromatic heterocycles. The number of hydrogen-bond acceptors (Lipinski definition) is 5. The zero-order valence-electron chi connectivity index (χ0n) is 27.1. The molecule has 4 aromatic rings. The third-order valence-electron chi connectivity index (χ3n) is 8.12. The topological polar surface area (TPSA) is 96.0 Å². The second-order valence-electron chi connectivity index (χ2n) is 11.5. The molecular weight excluding hydrogens is 598 g/mol. The van der Waals surface area contributed by atoms with Gasteiger partial charge >= 0.3 is 0 Å². The van der Waals surface area contributed by atoms with Gasteiger partial charge in [-0.05, 0) is 80.3 Å². The molecule has 0 spiro atoms. The number of anilines is 1. The highest BCUT2D eigenvalue weighted by atomic mass is 32.2. The number of carbonyl (C=O) groups excluding carboxylic acids is 2. The van der Waals surface area contributed by atoms with Gasteiger partial charge in [0.05, 0.1) is 17.7 Å². The molecule has 0 fully saturated rings. The molecule has 0 unspecified atom stereocenters. The first-order valence-electron chi connectivity index (χ1n) is 15.4. The summed E-state index contributed by atoms with van der Waals surface area (Å²) in [6.45, 7) is 7.34. The number of aryl methyl sites for hydroxylation is 2. The van der Waals surface area contributed by atoms with Crippen LogP contribution < -0.4 is 14.4 Å². The zero-order chi connectivity index (χ0) is 33.3. The van der Waals surface area contributed by atoms with E-state index in [0.29, 0.717) is 11.4 Å². The summed E-state index contributed by atoms with van der Waals surface area (Å²) in [6, 6.07) is 29.3. The molecule has 0 aliphatic heterocycles. The fourth-order valence-electron chi connectivity index (χ4n) is 5.08. The average Bonchev–Trinajstić information content (AvgIpc) is 3.06. The van der Waals surface area contributed by atoms with Gasteiger partial charge in [0, 0.05) is 19.0 Å². The summed E-state index contributed by atoms with van der Waals surface area (Å²) in [5, 5.41) is 3.07. The highest BCUT2D eigenvalue weighted by Gasteiger charge is 2.35. The van der Waals surface area contributed by atoms with Gasteiger partial charge in [-0.25, -0.2) is 8.42 Å². The Morgan fingerprint density at radius 3 is 2.09 bits per heavy atom. The lowest BCUT2D eigenvalue weighted by atomic mass is 10.0. The van der Waals surface area contributed by atoms with Crippen LogP contribution in [0.25, 0.3) is 0 Å². The van der Waals surface area contributed by atoms with Crippen LogP contribution in [0.2, 0.25) is 0 Å². The summed E-state index contributed by atoms with van der Waals surface area (Å²) < 4.78 is 34.8. The first kappa shape index (κ1) is 34.2. The molecule has 8 nitrogen and oxygen atoms in total. The zero-order valence-corrected chi connectivity index (χ0v) is 28.0. The first-order chi connectivity index (χ1) is 22.0. The Balaban J connectivity index is 1.82. The molecule has 242 valence electrons. The predicted octanol–water partition coefficient (Wildman–Crippen LogP) is 6.06. The van der Waals surface area contributed by atoms with E-state index in [9.17, 15) is 18.0 Å². The Bertz CT molecular complexity index is 1710. The number of sulfonamides is 1. The van der Waals surface area contributed by atoms with Crippen molar-refractivity contribution in [3.05, 3.63) is 125 Å². The number of ether oxygens (including phenoxy) is 1. The lowest BCUT2D eigenvalue weighted by Crippen LogP contribution is -2.54. The lowest BCUT2D eigenvalue weighted by molar-refractivity contribution is -0.140. The van der Waals surface area contributed by atoms with Crippen molar-refractivity contribution >= 4 is 27.5 Å². The lowest BCUT2D eigenvalue weighted by Gasteiger charge is -2.34. The van der Waals surface area contributed by atoms with Crippen molar-refractivity contribution in [2.24, 2.45) is 0 Å². The molecule has 46 heavy (non-hydrogen) atoms. The third kappa shape index (κ3) is 8.54. The van der Waals surface area contributed by atoms with Crippen molar-refractivity contribution < 1.29 is 22.7 Å². The average molecular weight is 642 g/mol. The molecule has 0 aliphatic carbocycles. The molecule has 1 N–H and O–H groups in total. The van der Waals surface area contributed by atoms with E-state index in [-0.39, 0.29) is 29.8 Å². The Morgan fingerprint density at radius 2 is 1.48 bits per heavy atom. The number of amides is 2. The van der Waals surface area contributed by atoms with Crippen LogP contribution in [-0.4, -0.2) is 50.9 Å². The van der Waals surface area contributed by atoms with Gasteiger partial charge in [-0.15, -0.1) is 0 Å². The number of benzene rings is 4. The number of hydrogen-bond donors (Lipinski definition) is 1.